The third-order valence-corrected chi connectivity index (χ3v) is 5.35. The van der Waals surface area contributed by atoms with Crippen LogP contribution in [0.25, 0.3) is 11.3 Å². The minimum atomic E-state index is -0.203. The zero-order valence-electron chi connectivity index (χ0n) is 18.2. The van der Waals surface area contributed by atoms with Crippen molar-refractivity contribution in [2.75, 3.05) is 36.5 Å². The van der Waals surface area contributed by atoms with E-state index < -0.39 is 0 Å². The fourth-order valence-electron chi connectivity index (χ4n) is 3.72. The summed E-state index contributed by atoms with van der Waals surface area (Å²) < 4.78 is 13.2. The Kier molecular flexibility index (Phi) is 6.11. The molecule has 2 heterocycles. The lowest BCUT2D eigenvalue weighted by molar-refractivity contribution is 0.102. The van der Waals surface area contributed by atoms with Gasteiger partial charge in [0.2, 0.25) is 0 Å². The summed E-state index contributed by atoms with van der Waals surface area (Å²) in [5, 5.41) is 7.52. The van der Waals surface area contributed by atoms with Gasteiger partial charge in [-0.3, -0.25) is 9.48 Å². The molecule has 3 aromatic rings. The third-order valence-electron chi connectivity index (χ3n) is 5.35. The maximum absolute atomic E-state index is 13.1. The molecule has 2 aromatic carbocycles. The summed E-state index contributed by atoms with van der Waals surface area (Å²) >= 11 is 0. The Morgan fingerprint density at radius 1 is 1.06 bits per heavy atom. The van der Waals surface area contributed by atoms with E-state index in [1.165, 1.54) is 0 Å². The molecule has 31 heavy (non-hydrogen) atoms. The van der Waals surface area contributed by atoms with Crippen molar-refractivity contribution in [2.45, 2.75) is 20.3 Å². The first-order chi connectivity index (χ1) is 15.1. The van der Waals surface area contributed by atoms with E-state index in [1.54, 1.807) is 10.9 Å². The topological polar surface area (TPSA) is 68.6 Å². The minimum absolute atomic E-state index is 0.203. The Morgan fingerprint density at radius 2 is 1.77 bits per heavy atom. The van der Waals surface area contributed by atoms with E-state index >= 15 is 0 Å². The highest BCUT2D eigenvalue weighted by Crippen LogP contribution is 2.35. The molecule has 0 atom stereocenters. The summed E-state index contributed by atoms with van der Waals surface area (Å²) in [6.07, 6.45) is 2.58. The van der Waals surface area contributed by atoms with E-state index in [9.17, 15) is 4.79 Å². The summed E-state index contributed by atoms with van der Waals surface area (Å²) in [6, 6.07) is 13.6. The molecular weight excluding hydrogens is 392 g/mol. The number of nitrogens with zero attached hydrogens (tertiary/aromatic N) is 3. The van der Waals surface area contributed by atoms with E-state index in [2.05, 4.69) is 29.2 Å². The number of fused-ring (bicyclic) bond motifs is 1. The number of aromatic nitrogens is 2. The molecule has 7 nitrogen and oxygen atoms in total. The minimum Gasteiger partial charge on any atom is -0.490 e. The third kappa shape index (κ3) is 4.50. The molecule has 0 spiro atoms. The van der Waals surface area contributed by atoms with E-state index in [0.29, 0.717) is 30.2 Å². The molecule has 1 aromatic heterocycles. The van der Waals surface area contributed by atoms with Crippen LogP contribution in [0.5, 0.6) is 11.5 Å². The smallest absolute Gasteiger partial charge is 0.259 e. The molecule has 1 aliphatic heterocycles. The van der Waals surface area contributed by atoms with Gasteiger partial charge in [-0.2, -0.15) is 5.10 Å². The fraction of sp³-hybridized carbons (Fsp3) is 0.333. The van der Waals surface area contributed by atoms with Crippen molar-refractivity contribution in [2.24, 2.45) is 7.05 Å². The largest absolute Gasteiger partial charge is 0.490 e. The van der Waals surface area contributed by atoms with Gasteiger partial charge in [0.15, 0.2) is 11.5 Å². The van der Waals surface area contributed by atoms with Crippen molar-refractivity contribution in [3.05, 3.63) is 54.2 Å². The second-order valence-electron chi connectivity index (χ2n) is 7.45. The molecule has 1 amide bonds. The number of carbonyl (C=O) groups is 1. The van der Waals surface area contributed by atoms with Crippen molar-refractivity contribution in [3.8, 4) is 22.8 Å². The molecule has 4 rings (SSSR count). The summed E-state index contributed by atoms with van der Waals surface area (Å²) in [4.78, 5) is 15.3. The van der Waals surface area contributed by atoms with Crippen LogP contribution in [-0.4, -0.2) is 42.0 Å². The van der Waals surface area contributed by atoms with Crippen LogP contribution in [0.2, 0.25) is 0 Å². The first-order valence-corrected chi connectivity index (χ1v) is 10.7. The van der Waals surface area contributed by atoms with Gasteiger partial charge in [-0.1, -0.05) is 0 Å². The summed E-state index contributed by atoms with van der Waals surface area (Å²) in [6.45, 7) is 7.38. The first kappa shape index (κ1) is 20.8. The van der Waals surface area contributed by atoms with Crippen molar-refractivity contribution in [3.63, 3.8) is 0 Å². The molecule has 1 aliphatic rings. The van der Waals surface area contributed by atoms with Gasteiger partial charge in [-0.05, 0) is 56.3 Å². The van der Waals surface area contributed by atoms with Gasteiger partial charge < -0.3 is 19.7 Å². The highest BCUT2D eigenvalue weighted by Gasteiger charge is 2.20. The number of ether oxygens (including phenoxy) is 2. The molecular formula is C24H28N4O3. The molecule has 0 bridgehead atoms. The van der Waals surface area contributed by atoms with Crippen LogP contribution in [0.3, 0.4) is 0 Å². The summed E-state index contributed by atoms with van der Waals surface area (Å²) in [5.41, 5.74) is 3.80. The number of aryl methyl sites for hydroxylation is 1. The average molecular weight is 421 g/mol. The Hall–Kier alpha value is -3.48. The molecule has 0 saturated heterocycles. The molecule has 0 fully saturated rings. The maximum atomic E-state index is 13.1. The number of hydrogen-bond donors (Lipinski definition) is 1. The lowest BCUT2D eigenvalue weighted by Crippen LogP contribution is -2.21. The standard InChI is InChI=1S/C24H28N4O3/c1-4-28(5-2)19-10-8-18(9-11-19)25-24(29)20-16-27(3)26-23(20)17-7-12-21-22(15-17)31-14-6-13-30-21/h7-12,15-16H,4-6,13-14H2,1-3H3,(H,25,29). The zero-order chi connectivity index (χ0) is 21.8. The van der Waals surface area contributed by atoms with Crippen LogP contribution in [0.4, 0.5) is 11.4 Å². The van der Waals surface area contributed by atoms with Gasteiger partial charge in [0.05, 0.1) is 18.8 Å². The number of hydrogen-bond acceptors (Lipinski definition) is 5. The van der Waals surface area contributed by atoms with Gasteiger partial charge in [0.1, 0.15) is 5.69 Å². The summed E-state index contributed by atoms with van der Waals surface area (Å²) in [5.74, 6) is 1.20. The van der Waals surface area contributed by atoms with Gasteiger partial charge >= 0.3 is 0 Å². The molecule has 1 N–H and O–H groups in total. The van der Waals surface area contributed by atoms with Crippen LogP contribution in [0.1, 0.15) is 30.6 Å². The normalized spacial score (nSPS) is 12.9. The number of rotatable bonds is 6. The second-order valence-corrected chi connectivity index (χ2v) is 7.45. The van der Waals surface area contributed by atoms with E-state index in [4.69, 9.17) is 9.47 Å². The number of nitrogens with one attached hydrogen (secondary N) is 1. The van der Waals surface area contributed by atoms with Gasteiger partial charge in [-0.15, -0.1) is 0 Å². The van der Waals surface area contributed by atoms with Gasteiger partial charge in [0, 0.05) is 49.7 Å². The van der Waals surface area contributed by atoms with Gasteiger partial charge in [-0.25, -0.2) is 0 Å². The fourth-order valence-corrected chi connectivity index (χ4v) is 3.72. The number of benzene rings is 2. The van der Waals surface area contributed by atoms with E-state index in [0.717, 1.165) is 42.2 Å². The molecule has 7 heteroatoms. The number of carbonyl (C=O) groups excluding carboxylic acids is 1. The summed E-state index contributed by atoms with van der Waals surface area (Å²) in [7, 11) is 1.81. The van der Waals surface area contributed by atoms with Crippen molar-refractivity contribution < 1.29 is 14.3 Å². The van der Waals surface area contributed by atoms with Crippen LogP contribution in [0, 0.1) is 0 Å². The average Bonchev–Trinajstić information content (AvgIpc) is 3.02. The van der Waals surface area contributed by atoms with Crippen LogP contribution < -0.4 is 19.7 Å². The van der Waals surface area contributed by atoms with E-state index in [1.807, 2.05) is 49.5 Å². The Morgan fingerprint density at radius 3 is 2.48 bits per heavy atom. The molecule has 0 radical (unpaired) electrons. The van der Waals surface area contributed by atoms with E-state index in [-0.39, 0.29) is 5.91 Å². The van der Waals surface area contributed by atoms with Crippen LogP contribution in [0.15, 0.2) is 48.7 Å². The highest BCUT2D eigenvalue weighted by molar-refractivity contribution is 6.08. The first-order valence-electron chi connectivity index (χ1n) is 10.7. The zero-order valence-corrected chi connectivity index (χ0v) is 18.2. The number of anilines is 2. The Bertz CT molecular complexity index is 1060. The van der Waals surface area contributed by atoms with Crippen molar-refractivity contribution in [1.29, 1.82) is 0 Å². The van der Waals surface area contributed by atoms with Gasteiger partial charge in [0.25, 0.3) is 5.91 Å². The molecule has 0 saturated carbocycles. The monoisotopic (exact) mass is 420 g/mol. The lowest BCUT2D eigenvalue weighted by Gasteiger charge is -2.21. The lowest BCUT2D eigenvalue weighted by atomic mass is 10.1. The molecule has 0 aliphatic carbocycles. The quantitative estimate of drug-likeness (QED) is 0.642. The van der Waals surface area contributed by atoms with Crippen molar-refractivity contribution >= 4 is 17.3 Å². The second kappa shape index (κ2) is 9.12. The molecule has 162 valence electrons. The Labute approximate surface area is 182 Å². The van der Waals surface area contributed by atoms with Crippen LogP contribution >= 0.6 is 0 Å². The Balaban J connectivity index is 1.57. The molecule has 0 unspecified atom stereocenters. The predicted molar refractivity (Wildman–Crippen MR) is 122 cm³/mol. The maximum Gasteiger partial charge on any atom is 0.259 e. The van der Waals surface area contributed by atoms with Crippen molar-refractivity contribution in [1.82, 2.24) is 9.78 Å². The SMILES string of the molecule is CCN(CC)c1ccc(NC(=O)c2cn(C)nc2-c2ccc3c(c2)OCCCO3)cc1. The highest BCUT2D eigenvalue weighted by atomic mass is 16.5. The predicted octanol–water partition coefficient (Wildman–Crippen LogP) is 4.35. The number of amides is 1. The van der Waals surface area contributed by atoms with Crippen LogP contribution in [-0.2, 0) is 7.05 Å².